The molecule has 0 radical (unpaired) electrons. The minimum atomic E-state index is 0. The van der Waals surface area contributed by atoms with Gasteiger partial charge in [-0.15, -0.1) is 24.8 Å². The summed E-state index contributed by atoms with van der Waals surface area (Å²) < 4.78 is 16.6. The molecule has 1 aromatic carbocycles. The molecule has 0 spiro atoms. The van der Waals surface area contributed by atoms with Crippen LogP contribution < -0.4 is 14.8 Å². The Bertz CT molecular complexity index is 546. The van der Waals surface area contributed by atoms with Crippen molar-refractivity contribution in [2.75, 3.05) is 46.2 Å². The summed E-state index contributed by atoms with van der Waals surface area (Å²) in [7, 11) is 0. The van der Waals surface area contributed by atoms with Crippen LogP contribution in [0.2, 0.25) is 5.02 Å². The average Bonchev–Trinajstić information content (AvgIpc) is 3.04. The van der Waals surface area contributed by atoms with Gasteiger partial charge in [0.05, 0.1) is 0 Å². The van der Waals surface area contributed by atoms with Crippen molar-refractivity contribution in [2.24, 2.45) is 5.92 Å². The third-order valence-corrected chi connectivity index (χ3v) is 5.40. The lowest BCUT2D eigenvalue weighted by Gasteiger charge is -2.41. The number of fused-ring (bicyclic) bond motifs is 1. The van der Waals surface area contributed by atoms with Crippen molar-refractivity contribution in [1.29, 1.82) is 0 Å². The molecule has 25 heavy (non-hydrogen) atoms. The van der Waals surface area contributed by atoms with Gasteiger partial charge in [0.1, 0.15) is 0 Å². The molecule has 1 N–H and O–H groups in total. The summed E-state index contributed by atoms with van der Waals surface area (Å²) in [6.45, 7) is 6.12. The standard InChI is InChI=1S/C17H23ClN2O3.2ClH/c18-14-10-16-15(22-11-23-16)9-13(14)17(12-1-7-21-8-2-12)20-5-3-19-4-6-20;;/h9-10,12,17,19H,1-8,11H2;2*1H/t17-;;/m0../s1. The molecule has 2 saturated heterocycles. The molecule has 0 amide bonds. The Morgan fingerprint density at radius 1 is 1.04 bits per heavy atom. The minimum absolute atomic E-state index is 0. The van der Waals surface area contributed by atoms with Gasteiger partial charge in [0.25, 0.3) is 0 Å². The fraction of sp³-hybridized carbons (Fsp3) is 0.647. The third kappa shape index (κ3) is 4.46. The number of piperazine rings is 1. The fourth-order valence-electron chi connectivity index (χ4n) is 3.90. The lowest BCUT2D eigenvalue weighted by atomic mass is 9.85. The summed E-state index contributed by atoms with van der Waals surface area (Å²) in [5.41, 5.74) is 1.17. The Morgan fingerprint density at radius 3 is 2.36 bits per heavy atom. The first kappa shape index (κ1) is 20.9. The first-order valence-electron chi connectivity index (χ1n) is 8.44. The van der Waals surface area contributed by atoms with Crippen LogP contribution in [0, 0.1) is 5.92 Å². The van der Waals surface area contributed by atoms with Gasteiger partial charge < -0.3 is 19.5 Å². The zero-order valence-corrected chi connectivity index (χ0v) is 16.4. The molecule has 3 aliphatic heterocycles. The van der Waals surface area contributed by atoms with Gasteiger partial charge >= 0.3 is 0 Å². The number of ether oxygens (including phenoxy) is 3. The highest BCUT2D eigenvalue weighted by molar-refractivity contribution is 6.31. The van der Waals surface area contributed by atoms with Crippen molar-refractivity contribution in [3.63, 3.8) is 0 Å². The van der Waals surface area contributed by atoms with Crippen LogP contribution in [0.25, 0.3) is 0 Å². The number of rotatable bonds is 3. The molecule has 0 unspecified atom stereocenters. The number of nitrogens with one attached hydrogen (secondary N) is 1. The predicted molar refractivity (Wildman–Crippen MR) is 103 cm³/mol. The second-order valence-electron chi connectivity index (χ2n) is 6.41. The largest absolute Gasteiger partial charge is 0.454 e. The van der Waals surface area contributed by atoms with Crippen LogP contribution in [0.15, 0.2) is 12.1 Å². The van der Waals surface area contributed by atoms with Gasteiger partial charge in [-0.05, 0) is 30.4 Å². The van der Waals surface area contributed by atoms with E-state index in [1.807, 2.05) is 6.07 Å². The van der Waals surface area contributed by atoms with Crippen molar-refractivity contribution in [1.82, 2.24) is 10.2 Å². The van der Waals surface area contributed by atoms with E-state index in [1.54, 1.807) is 0 Å². The first-order valence-corrected chi connectivity index (χ1v) is 8.82. The van der Waals surface area contributed by atoms with Crippen LogP contribution in [0.3, 0.4) is 0 Å². The molecule has 3 heterocycles. The molecule has 0 saturated carbocycles. The van der Waals surface area contributed by atoms with Crippen molar-refractivity contribution >= 4 is 36.4 Å². The summed E-state index contributed by atoms with van der Waals surface area (Å²) >= 11 is 6.63. The summed E-state index contributed by atoms with van der Waals surface area (Å²) in [5.74, 6) is 2.14. The second-order valence-corrected chi connectivity index (χ2v) is 6.81. The van der Waals surface area contributed by atoms with Crippen LogP contribution >= 0.6 is 36.4 Å². The lowest BCUT2D eigenvalue weighted by molar-refractivity contribution is 0.0213. The van der Waals surface area contributed by atoms with E-state index in [-0.39, 0.29) is 31.6 Å². The van der Waals surface area contributed by atoms with Crippen molar-refractivity contribution in [3.8, 4) is 11.5 Å². The third-order valence-electron chi connectivity index (χ3n) is 5.07. The van der Waals surface area contributed by atoms with Crippen molar-refractivity contribution < 1.29 is 14.2 Å². The van der Waals surface area contributed by atoms with E-state index in [4.69, 9.17) is 25.8 Å². The number of hydrogen-bond acceptors (Lipinski definition) is 5. The minimum Gasteiger partial charge on any atom is -0.454 e. The highest BCUT2D eigenvalue weighted by atomic mass is 35.5. The summed E-state index contributed by atoms with van der Waals surface area (Å²) in [6, 6.07) is 4.32. The highest BCUT2D eigenvalue weighted by Gasteiger charge is 2.33. The SMILES string of the molecule is Cl.Cl.Clc1cc2c(cc1[C@H](C1CCOCC1)N1CCNCC1)OCO2. The quantitative estimate of drug-likeness (QED) is 0.827. The first-order chi connectivity index (χ1) is 11.3. The molecular formula is C17H25Cl3N2O3. The van der Waals surface area contributed by atoms with E-state index in [9.17, 15) is 0 Å². The van der Waals surface area contributed by atoms with E-state index >= 15 is 0 Å². The zero-order valence-electron chi connectivity index (χ0n) is 14.0. The van der Waals surface area contributed by atoms with E-state index in [2.05, 4.69) is 16.3 Å². The zero-order chi connectivity index (χ0) is 15.6. The molecule has 3 aliphatic rings. The van der Waals surface area contributed by atoms with Gasteiger partial charge in [-0.25, -0.2) is 0 Å². The fourth-order valence-corrected chi connectivity index (χ4v) is 4.17. The molecule has 5 nitrogen and oxygen atoms in total. The van der Waals surface area contributed by atoms with E-state index in [1.165, 1.54) is 5.56 Å². The number of nitrogens with zero attached hydrogens (tertiary/aromatic N) is 1. The van der Waals surface area contributed by atoms with Crippen LogP contribution in [0.4, 0.5) is 0 Å². The van der Waals surface area contributed by atoms with Crippen LogP contribution in [0.5, 0.6) is 11.5 Å². The Kier molecular flexibility index (Phi) is 7.92. The highest BCUT2D eigenvalue weighted by Crippen LogP contribution is 2.44. The molecule has 142 valence electrons. The molecule has 2 fully saturated rings. The van der Waals surface area contributed by atoms with Crippen LogP contribution in [-0.4, -0.2) is 51.1 Å². The molecule has 1 aromatic rings. The maximum Gasteiger partial charge on any atom is 0.231 e. The summed E-state index contributed by atoms with van der Waals surface area (Å²) in [6.07, 6.45) is 2.17. The van der Waals surface area contributed by atoms with E-state index in [0.29, 0.717) is 12.0 Å². The Hall–Kier alpha value is -0.430. The monoisotopic (exact) mass is 410 g/mol. The van der Waals surface area contributed by atoms with Crippen molar-refractivity contribution in [2.45, 2.75) is 18.9 Å². The van der Waals surface area contributed by atoms with E-state index < -0.39 is 0 Å². The van der Waals surface area contributed by atoms with Crippen LogP contribution in [-0.2, 0) is 4.74 Å². The molecule has 0 aliphatic carbocycles. The lowest BCUT2D eigenvalue weighted by Crippen LogP contribution is -2.47. The smallest absolute Gasteiger partial charge is 0.231 e. The van der Waals surface area contributed by atoms with Gasteiger partial charge in [-0.2, -0.15) is 0 Å². The van der Waals surface area contributed by atoms with Crippen LogP contribution in [0.1, 0.15) is 24.4 Å². The summed E-state index contributed by atoms with van der Waals surface area (Å²) in [5, 5.41) is 4.22. The van der Waals surface area contributed by atoms with Gasteiger partial charge in [-0.3, -0.25) is 4.90 Å². The van der Waals surface area contributed by atoms with Gasteiger partial charge in [0.15, 0.2) is 11.5 Å². The number of benzene rings is 1. The maximum absolute atomic E-state index is 6.63. The number of halogens is 3. The Labute approximate surface area is 166 Å². The average molecular weight is 412 g/mol. The topological polar surface area (TPSA) is 43.0 Å². The molecular weight excluding hydrogens is 387 g/mol. The van der Waals surface area contributed by atoms with Gasteiger partial charge in [-0.1, -0.05) is 11.6 Å². The van der Waals surface area contributed by atoms with E-state index in [0.717, 1.165) is 68.8 Å². The molecule has 1 atom stereocenters. The molecule has 0 bridgehead atoms. The van der Waals surface area contributed by atoms with Gasteiger partial charge in [0.2, 0.25) is 6.79 Å². The maximum atomic E-state index is 6.63. The van der Waals surface area contributed by atoms with Crippen molar-refractivity contribution in [3.05, 3.63) is 22.7 Å². The molecule has 4 rings (SSSR count). The normalized spacial score (nSPS) is 22.0. The molecule has 8 heteroatoms. The summed E-state index contributed by atoms with van der Waals surface area (Å²) in [4.78, 5) is 2.57. The Balaban J connectivity index is 0.00000113. The van der Waals surface area contributed by atoms with Gasteiger partial charge in [0, 0.05) is 56.5 Å². The Morgan fingerprint density at radius 2 is 1.68 bits per heavy atom. The number of hydrogen-bond donors (Lipinski definition) is 1. The molecule has 0 aromatic heterocycles. The second kappa shape index (κ2) is 9.49. The predicted octanol–water partition coefficient (Wildman–Crippen LogP) is 3.29.